The first kappa shape index (κ1) is 25.8. The third kappa shape index (κ3) is 5.54. The zero-order valence-electron chi connectivity index (χ0n) is 20.8. The van der Waals surface area contributed by atoms with E-state index in [1.807, 2.05) is 23.1 Å². The average molecular weight is 541 g/mol. The van der Waals surface area contributed by atoms with E-state index >= 15 is 0 Å². The number of amides is 1. The van der Waals surface area contributed by atoms with Crippen LogP contribution < -0.4 is 5.32 Å². The van der Waals surface area contributed by atoms with Crippen LogP contribution in [0.2, 0.25) is 10.0 Å². The Labute approximate surface area is 226 Å². The highest BCUT2D eigenvalue weighted by Crippen LogP contribution is 2.30. The van der Waals surface area contributed by atoms with Crippen molar-refractivity contribution >= 4 is 51.6 Å². The minimum Gasteiger partial charge on any atom is -0.461 e. The topological polar surface area (TPSA) is 76.5 Å². The van der Waals surface area contributed by atoms with Crippen LogP contribution >= 0.6 is 23.2 Å². The molecule has 2 aromatic carbocycles. The Kier molecular flexibility index (Phi) is 7.84. The molecular formula is C28H30Cl2N4O3. The summed E-state index contributed by atoms with van der Waals surface area (Å²) >= 11 is 12.5. The second-order valence-corrected chi connectivity index (χ2v) is 10.3. The van der Waals surface area contributed by atoms with Gasteiger partial charge in [0.05, 0.1) is 24.7 Å². The van der Waals surface area contributed by atoms with Gasteiger partial charge in [-0.2, -0.15) is 5.10 Å². The van der Waals surface area contributed by atoms with Crippen molar-refractivity contribution < 1.29 is 14.3 Å². The van der Waals surface area contributed by atoms with Crippen molar-refractivity contribution in [2.24, 2.45) is 0 Å². The molecule has 1 amide bonds. The molecule has 2 aliphatic heterocycles. The molecule has 0 bridgehead atoms. The molecule has 2 aliphatic rings. The van der Waals surface area contributed by atoms with Crippen molar-refractivity contribution in [2.75, 3.05) is 26.2 Å². The fourth-order valence-corrected chi connectivity index (χ4v) is 5.54. The van der Waals surface area contributed by atoms with Crippen LogP contribution in [0.3, 0.4) is 0 Å². The standard InChI is InChI=1S/C28H30Cl2N4O3/c1-2-37-28(36)26-22-9-7-19(15-25(22)34(32-26)17-20-6-8-21(29)16-23(20)30)18-10-13-33(14-11-18)27(35)24-5-3-4-12-31-24/h6-10,15-16,24,31H,2-5,11-14,17H2,1H3/t24-/m1/s1. The number of nitrogens with one attached hydrogen (secondary N) is 1. The van der Waals surface area contributed by atoms with E-state index in [2.05, 4.69) is 22.6 Å². The Balaban J connectivity index is 1.44. The first-order chi connectivity index (χ1) is 17.9. The number of hydrogen-bond donors (Lipinski definition) is 1. The molecule has 7 nitrogen and oxygen atoms in total. The Morgan fingerprint density at radius 1 is 1.16 bits per heavy atom. The van der Waals surface area contributed by atoms with Gasteiger partial charge < -0.3 is 15.0 Å². The van der Waals surface area contributed by atoms with Crippen molar-refractivity contribution in [2.45, 2.75) is 45.2 Å². The maximum Gasteiger partial charge on any atom is 0.359 e. The van der Waals surface area contributed by atoms with Crippen LogP contribution in [-0.4, -0.2) is 58.8 Å². The molecule has 3 heterocycles. The Morgan fingerprint density at radius 3 is 2.73 bits per heavy atom. The summed E-state index contributed by atoms with van der Waals surface area (Å²) in [7, 11) is 0. The van der Waals surface area contributed by atoms with Crippen LogP contribution in [0.1, 0.15) is 54.2 Å². The summed E-state index contributed by atoms with van der Waals surface area (Å²) in [5.74, 6) is -0.258. The lowest BCUT2D eigenvalue weighted by Gasteiger charge is -2.32. The molecule has 0 radical (unpaired) electrons. The number of ether oxygens (including phenoxy) is 1. The summed E-state index contributed by atoms with van der Waals surface area (Å²) in [4.78, 5) is 27.5. The van der Waals surface area contributed by atoms with Gasteiger partial charge in [0.25, 0.3) is 0 Å². The number of aromatic nitrogens is 2. The van der Waals surface area contributed by atoms with Crippen LogP contribution in [0.5, 0.6) is 0 Å². The number of esters is 1. The number of carbonyl (C=O) groups is 2. The van der Waals surface area contributed by atoms with Gasteiger partial charge in [-0.25, -0.2) is 4.79 Å². The van der Waals surface area contributed by atoms with Crippen LogP contribution in [0.25, 0.3) is 16.5 Å². The van der Waals surface area contributed by atoms with E-state index in [-0.39, 0.29) is 24.2 Å². The van der Waals surface area contributed by atoms with Crippen LogP contribution in [-0.2, 0) is 16.1 Å². The van der Waals surface area contributed by atoms with Crippen LogP contribution in [0.4, 0.5) is 0 Å². The Bertz CT molecular complexity index is 1360. The summed E-state index contributed by atoms with van der Waals surface area (Å²) in [5, 5.41) is 9.79. The van der Waals surface area contributed by atoms with Crippen molar-refractivity contribution in [1.82, 2.24) is 20.0 Å². The first-order valence-electron chi connectivity index (χ1n) is 12.8. The van der Waals surface area contributed by atoms with Gasteiger partial charge in [0, 0.05) is 28.5 Å². The number of nitrogens with zero attached hydrogens (tertiary/aromatic N) is 3. The highest BCUT2D eigenvalue weighted by atomic mass is 35.5. The molecule has 0 saturated carbocycles. The molecule has 0 unspecified atom stereocenters. The lowest BCUT2D eigenvalue weighted by Crippen LogP contribution is -2.49. The fourth-order valence-electron chi connectivity index (χ4n) is 5.07. The van der Waals surface area contributed by atoms with Gasteiger partial charge in [0.1, 0.15) is 0 Å². The lowest BCUT2D eigenvalue weighted by molar-refractivity contribution is -0.133. The first-order valence-corrected chi connectivity index (χ1v) is 13.5. The number of hydrogen-bond acceptors (Lipinski definition) is 5. The van der Waals surface area contributed by atoms with E-state index < -0.39 is 5.97 Å². The van der Waals surface area contributed by atoms with E-state index in [0.29, 0.717) is 29.7 Å². The summed E-state index contributed by atoms with van der Waals surface area (Å²) in [6.07, 6.45) is 6.04. The minimum absolute atomic E-state index is 0.0598. The van der Waals surface area contributed by atoms with Crippen molar-refractivity contribution in [1.29, 1.82) is 0 Å². The Hall–Kier alpha value is -2.87. The van der Waals surface area contributed by atoms with Crippen molar-refractivity contribution in [3.63, 3.8) is 0 Å². The SMILES string of the molecule is CCOC(=O)c1nn(Cc2ccc(Cl)cc2Cl)c2cc(C3=CCN(C(=O)[C@H]4CCCCN4)CC3)ccc12. The van der Waals surface area contributed by atoms with E-state index in [1.54, 1.807) is 23.7 Å². The smallest absolute Gasteiger partial charge is 0.359 e. The monoisotopic (exact) mass is 540 g/mol. The predicted molar refractivity (Wildman–Crippen MR) is 146 cm³/mol. The molecule has 3 aromatic rings. The van der Waals surface area contributed by atoms with Crippen molar-refractivity contribution in [3.8, 4) is 0 Å². The molecule has 1 atom stereocenters. The second kappa shape index (κ2) is 11.3. The lowest BCUT2D eigenvalue weighted by atomic mass is 9.97. The largest absolute Gasteiger partial charge is 0.461 e. The van der Waals surface area contributed by atoms with E-state index in [0.717, 1.165) is 54.3 Å². The molecule has 9 heteroatoms. The molecule has 5 rings (SSSR count). The number of piperidine rings is 1. The highest BCUT2D eigenvalue weighted by molar-refractivity contribution is 6.35. The Morgan fingerprint density at radius 2 is 2.03 bits per heavy atom. The number of halogens is 2. The molecule has 0 spiro atoms. The molecule has 37 heavy (non-hydrogen) atoms. The molecule has 0 aliphatic carbocycles. The summed E-state index contributed by atoms with van der Waals surface area (Å²) < 4.78 is 7.04. The molecule has 1 aromatic heterocycles. The highest BCUT2D eigenvalue weighted by Gasteiger charge is 2.27. The number of carbonyl (C=O) groups excluding carboxylic acids is 2. The summed E-state index contributed by atoms with van der Waals surface area (Å²) in [6.45, 7) is 4.62. The molecule has 1 saturated heterocycles. The predicted octanol–water partition coefficient (Wildman–Crippen LogP) is 5.33. The van der Waals surface area contributed by atoms with Crippen LogP contribution in [0, 0.1) is 0 Å². The average Bonchev–Trinajstić information content (AvgIpc) is 3.28. The van der Waals surface area contributed by atoms with Gasteiger partial charge in [-0.15, -0.1) is 0 Å². The molecule has 1 fully saturated rings. The fraction of sp³-hybridized carbons (Fsp3) is 0.393. The van der Waals surface area contributed by atoms with Crippen LogP contribution in [0.15, 0.2) is 42.5 Å². The maximum absolute atomic E-state index is 12.9. The number of rotatable bonds is 6. The summed E-state index contributed by atoms with van der Waals surface area (Å²) in [5.41, 5.74) is 4.17. The van der Waals surface area contributed by atoms with Crippen molar-refractivity contribution in [3.05, 3.63) is 69.3 Å². The van der Waals surface area contributed by atoms with Gasteiger partial charge >= 0.3 is 5.97 Å². The minimum atomic E-state index is -0.455. The number of benzene rings is 2. The zero-order valence-corrected chi connectivity index (χ0v) is 22.3. The van der Waals surface area contributed by atoms with E-state index in [1.165, 1.54) is 5.57 Å². The number of fused-ring (bicyclic) bond motifs is 1. The zero-order chi connectivity index (χ0) is 25.9. The maximum atomic E-state index is 12.9. The van der Waals surface area contributed by atoms with E-state index in [4.69, 9.17) is 27.9 Å². The van der Waals surface area contributed by atoms with Gasteiger partial charge in [-0.1, -0.05) is 47.8 Å². The van der Waals surface area contributed by atoms with Gasteiger partial charge in [-0.3, -0.25) is 9.48 Å². The second-order valence-electron chi connectivity index (χ2n) is 9.46. The third-order valence-corrected chi connectivity index (χ3v) is 7.64. The van der Waals surface area contributed by atoms with Gasteiger partial charge in [0.15, 0.2) is 5.69 Å². The molecular weight excluding hydrogens is 511 g/mol. The quantitative estimate of drug-likeness (QED) is 0.428. The molecule has 194 valence electrons. The molecule has 1 N–H and O–H groups in total. The third-order valence-electron chi connectivity index (χ3n) is 7.06. The van der Waals surface area contributed by atoms with Gasteiger partial charge in [-0.05, 0) is 73.7 Å². The summed E-state index contributed by atoms with van der Waals surface area (Å²) in [6, 6.07) is 11.3. The van der Waals surface area contributed by atoms with E-state index in [9.17, 15) is 9.59 Å². The normalized spacial score (nSPS) is 18.1. The van der Waals surface area contributed by atoms with Gasteiger partial charge in [0.2, 0.25) is 5.91 Å².